The summed E-state index contributed by atoms with van der Waals surface area (Å²) in [6, 6.07) is 3.91. The summed E-state index contributed by atoms with van der Waals surface area (Å²) in [4.78, 5) is 2.34. The molecule has 84 valence electrons. The third kappa shape index (κ3) is 3.06. The van der Waals surface area contributed by atoms with Crippen molar-refractivity contribution in [2.24, 2.45) is 5.92 Å². The van der Waals surface area contributed by atoms with Crippen LogP contribution in [-0.4, -0.2) is 29.7 Å². The molecule has 0 amide bonds. The van der Waals surface area contributed by atoms with Gasteiger partial charge in [-0.1, -0.05) is 0 Å². The molecule has 0 saturated carbocycles. The first-order chi connectivity index (χ1) is 7.28. The van der Waals surface area contributed by atoms with Crippen LogP contribution in [0.5, 0.6) is 0 Å². The Kier molecular flexibility index (Phi) is 3.83. The summed E-state index contributed by atoms with van der Waals surface area (Å²) in [7, 11) is 0. The maximum atomic E-state index is 9.12. The Morgan fingerprint density at radius 2 is 2.40 bits per heavy atom. The Morgan fingerprint density at radius 1 is 1.53 bits per heavy atom. The van der Waals surface area contributed by atoms with E-state index in [4.69, 9.17) is 9.52 Å². The largest absolute Gasteiger partial charge is 0.453 e. The minimum Gasteiger partial charge on any atom is -0.453 e. The zero-order chi connectivity index (χ0) is 10.7. The van der Waals surface area contributed by atoms with Gasteiger partial charge in [-0.25, -0.2) is 0 Å². The van der Waals surface area contributed by atoms with Crippen LogP contribution in [-0.2, 0) is 6.54 Å². The average molecular weight is 274 g/mol. The average Bonchev–Trinajstić information content (AvgIpc) is 2.64. The maximum absolute atomic E-state index is 9.12. The van der Waals surface area contributed by atoms with Crippen LogP contribution >= 0.6 is 15.9 Å². The second-order valence-electron chi connectivity index (χ2n) is 4.13. The van der Waals surface area contributed by atoms with Gasteiger partial charge in [0.1, 0.15) is 5.76 Å². The lowest BCUT2D eigenvalue weighted by Gasteiger charge is -2.30. The summed E-state index contributed by atoms with van der Waals surface area (Å²) in [5, 5.41) is 9.12. The van der Waals surface area contributed by atoms with Gasteiger partial charge in [0.05, 0.1) is 6.54 Å². The smallest absolute Gasteiger partial charge is 0.169 e. The molecule has 1 unspecified atom stereocenters. The minimum absolute atomic E-state index is 0.304. The molecule has 1 aliphatic heterocycles. The Morgan fingerprint density at radius 3 is 3.07 bits per heavy atom. The summed E-state index contributed by atoms with van der Waals surface area (Å²) < 4.78 is 6.25. The third-order valence-corrected chi connectivity index (χ3v) is 3.30. The van der Waals surface area contributed by atoms with Crippen molar-refractivity contribution in [3.05, 3.63) is 22.6 Å². The normalized spacial score (nSPS) is 23.2. The predicted octanol–water partition coefficient (Wildman–Crippen LogP) is 2.25. The number of piperidine rings is 1. The first-order valence-electron chi connectivity index (χ1n) is 5.35. The third-order valence-electron chi connectivity index (χ3n) is 2.87. The molecule has 1 aliphatic rings. The molecule has 1 fully saturated rings. The summed E-state index contributed by atoms with van der Waals surface area (Å²) in [6.07, 6.45) is 2.32. The fourth-order valence-corrected chi connectivity index (χ4v) is 2.44. The lowest BCUT2D eigenvalue weighted by atomic mass is 9.99. The van der Waals surface area contributed by atoms with Gasteiger partial charge in [-0.15, -0.1) is 0 Å². The van der Waals surface area contributed by atoms with E-state index in [9.17, 15) is 0 Å². The van der Waals surface area contributed by atoms with Crippen molar-refractivity contribution in [2.75, 3.05) is 19.7 Å². The van der Waals surface area contributed by atoms with Crippen molar-refractivity contribution in [3.63, 3.8) is 0 Å². The van der Waals surface area contributed by atoms with Crippen molar-refractivity contribution < 1.29 is 9.52 Å². The number of hydrogen-bond acceptors (Lipinski definition) is 3. The molecular weight excluding hydrogens is 258 g/mol. The van der Waals surface area contributed by atoms with Crippen LogP contribution in [0.3, 0.4) is 0 Å². The summed E-state index contributed by atoms with van der Waals surface area (Å²) in [5.74, 6) is 1.43. The van der Waals surface area contributed by atoms with Crippen LogP contribution in [0.2, 0.25) is 0 Å². The van der Waals surface area contributed by atoms with Crippen LogP contribution in [0, 0.1) is 5.92 Å². The molecule has 2 heterocycles. The number of aliphatic hydroxyl groups excluding tert-OH is 1. The Balaban J connectivity index is 1.88. The molecule has 0 aromatic carbocycles. The molecular formula is C11H16BrNO2. The quantitative estimate of drug-likeness (QED) is 0.918. The van der Waals surface area contributed by atoms with E-state index < -0.39 is 0 Å². The van der Waals surface area contributed by atoms with E-state index in [0.717, 1.165) is 36.5 Å². The first-order valence-corrected chi connectivity index (χ1v) is 6.14. The fraction of sp³-hybridized carbons (Fsp3) is 0.636. The van der Waals surface area contributed by atoms with Gasteiger partial charge in [0.25, 0.3) is 0 Å². The highest BCUT2D eigenvalue weighted by Gasteiger charge is 2.19. The van der Waals surface area contributed by atoms with Gasteiger partial charge >= 0.3 is 0 Å². The summed E-state index contributed by atoms with van der Waals surface area (Å²) in [6.45, 7) is 3.24. The van der Waals surface area contributed by atoms with Gasteiger partial charge in [-0.3, -0.25) is 4.90 Å². The van der Waals surface area contributed by atoms with Crippen molar-refractivity contribution in [1.82, 2.24) is 4.90 Å². The number of hydrogen-bond donors (Lipinski definition) is 1. The van der Waals surface area contributed by atoms with Crippen molar-refractivity contribution >= 4 is 15.9 Å². The van der Waals surface area contributed by atoms with E-state index in [-0.39, 0.29) is 0 Å². The van der Waals surface area contributed by atoms with Crippen molar-refractivity contribution in [3.8, 4) is 0 Å². The Hall–Kier alpha value is -0.320. The molecule has 0 aliphatic carbocycles. The second-order valence-corrected chi connectivity index (χ2v) is 4.91. The van der Waals surface area contributed by atoms with Crippen molar-refractivity contribution in [1.29, 1.82) is 0 Å². The zero-order valence-corrected chi connectivity index (χ0v) is 10.2. The molecule has 1 aromatic heterocycles. The fourth-order valence-electron chi connectivity index (χ4n) is 2.10. The van der Waals surface area contributed by atoms with Crippen LogP contribution in [0.1, 0.15) is 18.6 Å². The van der Waals surface area contributed by atoms with Crippen LogP contribution < -0.4 is 0 Å². The number of furan rings is 1. The van der Waals surface area contributed by atoms with E-state index in [1.54, 1.807) is 0 Å². The number of likely N-dealkylation sites (tertiary alicyclic amines) is 1. The van der Waals surface area contributed by atoms with Gasteiger partial charge in [0.2, 0.25) is 0 Å². The molecule has 1 atom stereocenters. The minimum atomic E-state index is 0.304. The molecule has 1 aromatic rings. The van der Waals surface area contributed by atoms with Gasteiger partial charge in [0.15, 0.2) is 4.67 Å². The highest BCUT2D eigenvalue weighted by atomic mass is 79.9. The SMILES string of the molecule is OCC1CCCN(Cc2ccc(Br)o2)C1. The van der Waals surface area contributed by atoms with Gasteiger partial charge in [-0.2, -0.15) is 0 Å². The monoisotopic (exact) mass is 273 g/mol. The van der Waals surface area contributed by atoms with Crippen molar-refractivity contribution in [2.45, 2.75) is 19.4 Å². The van der Waals surface area contributed by atoms with Gasteiger partial charge < -0.3 is 9.52 Å². The lowest BCUT2D eigenvalue weighted by Crippen LogP contribution is -2.36. The standard InChI is InChI=1S/C11H16BrNO2/c12-11-4-3-10(15-11)7-13-5-1-2-9(6-13)8-14/h3-4,9,14H,1-2,5-8H2. The molecule has 1 N–H and O–H groups in total. The molecule has 15 heavy (non-hydrogen) atoms. The number of aliphatic hydroxyl groups is 1. The summed E-state index contributed by atoms with van der Waals surface area (Å²) in [5.41, 5.74) is 0. The van der Waals surface area contributed by atoms with E-state index in [0.29, 0.717) is 12.5 Å². The topological polar surface area (TPSA) is 36.6 Å². The second kappa shape index (κ2) is 5.14. The zero-order valence-electron chi connectivity index (χ0n) is 8.66. The van der Waals surface area contributed by atoms with E-state index in [1.807, 2.05) is 12.1 Å². The van der Waals surface area contributed by atoms with E-state index >= 15 is 0 Å². The van der Waals surface area contributed by atoms with Crippen LogP contribution in [0.25, 0.3) is 0 Å². The molecule has 2 rings (SSSR count). The number of nitrogens with zero attached hydrogens (tertiary/aromatic N) is 1. The highest BCUT2D eigenvalue weighted by molar-refractivity contribution is 9.10. The maximum Gasteiger partial charge on any atom is 0.169 e. The van der Waals surface area contributed by atoms with E-state index in [2.05, 4.69) is 20.8 Å². The lowest BCUT2D eigenvalue weighted by molar-refractivity contribution is 0.110. The highest BCUT2D eigenvalue weighted by Crippen LogP contribution is 2.20. The van der Waals surface area contributed by atoms with Crippen LogP contribution in [0.15, 0.2) is 21.2 Å². The first kappa shape index (κ1) is 11.2. The Bertz CT molecular complexity index is 313. The molecule has 1 saturated heterocycles. The Labute approximate surface area is 98.2 Å². The molecule has 0 radical (unpaired) electrons. The molecule has 0 bridgehead atoms. The number of halogens is 1. The molecule has 0 spiro atoms. The predicted molar refractivity (Wildman–Crippen MR) is 61.5 cm³/mol. The molecule has 4 heteroatoms. The van der Waals surface area contributed by atoms with Gasteiger partial charge in [0, 0.05) is 13.2 Å². The van der Waals surface area contributed by atoms with Gasteiger partial charge in [-0.05, 0) is 53.4 Å². The number of rotatable bonds is 3. The van der Waals surface area contributed by atoms with E-state index in [1.165, 1.54) is 6.42 Å². The van der Waals surface area contributed by atoms with Crippen LogP contribution in [0.4, 0.5) is 0 Å². The molecule has 3 nitrogen and oxygen atoms in total. The summed E-state index contributed by atoms with van der Waals surface area (Å²) >= 11 is 3.30.